The van der Waals surface area contributed by atoms with Crippen LogP contribution in [0.1, 0.15) is 45.7 Å². The van der Waals surface area contributed by atoms with Crippen molar-refractivity contribution < 1.29 is 9.59 Å². The summed E-state index contributed by atoms with van der Waals surface area (Å²) >= 11 is 7.50. The van der Waals surface area contributed by atoms with Gasteiger partial charge in [0.25, 0.3) is 11.8 Å². The molecule has 0 aliphatic heterocycles. The van der Waals surface area contributed by atoms with Crippen LogP contribution in [0.25, 0.3) is 0 Å². The summed E-state index contributed by atoms with van der Waals surface area (Å²) in [4.78, 5) is 25.2. The molecule has 4 N–H and O–H groups in total. The number of halogens is 1. The second kappa shape index (κ2) is 7.99. The lowest BCUT2D eigenvalue weighted by Gasteiger charge is -2.26. The fourth-order valence-electron chi connectivity index (χ4n) is 2.89. The second-order valence-corrected chi connectivity index (χ2v) is 7.57. The maximum atomic E-state index is 12.5. The van der Waals surface area contributed by atoms with Gasteiger partial charge in [0.2, 0.25) is 0 Å². The van der Waals surface area contributed by atoms with Crippen molar-refractivity contribution in [2.24, 2.45) is 5.73 Å². The number of carbonyl (C=O) groups excluding carboxylic acids is 2. The number of anilines is 1. The molecule has 1 aliphatic carbocycles. The Balaban J connectivity index is 1.68. The van der Waals surface area contributed by atoms with Gasteiger partial charge in [-0.25, -0.2) is 0 Å². The quantitative estimate of drug-likeness (QED) is 0.760. The van der Waals surface area contributed by atoms with Crippen molar-refractivity contribution in [3.05, 3.63) is 51.2 Å². The van der Waals surface area contributed by atoms with Crippen LogP contribution < -0.4 is 16.4 Å². The molecule has 1 aliphatic rings. The molecule has 0 atom stereocenters. The third kappa shape index (κ3) is 4.60. The van der Waals surface area contributed by atoms with Crippen molar-refractivity contribution in [3.63, 3.8) is 0 Å². The predicted molar refractivity (Wildman–Crippen MR) is 101 cm³/mol. The monoisotopic (exact) mass is 377 g/mol. The zero-order valence-corrected chi connectivity index (χ0v) is 15.2. The van der Waals surface area contributed by atoms with Crippen molar-refractivity contribution in [3.8, 4) is 0 Å². The molecule has 7 heteroatoms. The molecule has 1 heterocycles. The summed E-state index contributed by atoms with van der Waals surface area (Å²) in [6.45, 7) is 0. The number of thiophene rings is 1. The van der Waals surface area contributed by atoms with E-state index < -0.39 is 0 Å². The number of hydrogen-bond acceptors (Lipinski definition) is 4. The van der Waals surface area contributed by atoms with Crippen LogP contribution in [0.15, 0.2) is 35.7 Å². The minimum Gasteiger partial charge on any atom is -0.349 e. The zero-order valence-electron chi connectivity index (χ0n) is 13.6. The Bertz CT molecular complexity index is 756. The number of amides is 2. The van der Waals surface area contributed by atoms with Gasteiger partial charge < -0.3 is 16.4 Å². The Morgan fingerprint density at radius 2 is 1.88 bits per heavy atom. The molecule has 3 rings (SSSR count). The maximum Gasteiger partial charge on any atom is 0.265 e. The molecule has 1 fully saturated rings. The van der Waals surface area contributed by atoms with Crippen LogP contribution >= 0.6 is 22.9 Å². The molecule has 1 aromatic carbocycles. The third-order valence-corrected chi connectivity index (χ3v) is 5.53. The molecule has 2 amide bonds. The van der Waals surface area contributed by atoms with Crippen molar-refractivity contribution >= 4 is 40.4 Å². The van der Waals surface area contributed by atoms with Crippen molar-refractivity contribution in [2.45, 2.75) is 37.8 Å². The van der Waals surface area contributed by atoms with E-state index in [4.69, 9.17) is 17.3 Å². The molecule has 0 bridgehead atoms. The summed E-state index contributed by atoms with van der Waals surface area (Å²) in [6.07, 6.45) is 3.63. The van der Waals surface area contributed by atoms with Crippen molar-refractivity contribution in [1.29, 1.82) is 0 Å². The minimum atomic E-state index is -0.240. The second-order valence-electron chi connectivity index (χ2n) is 6.21. The molecular formula is C18H20ClN3O2S. The number of nitrogens with one attached hydrogen (secondary N) is 2. The minimum absolute atomic E-state index is 0.145. The smallest absolute Gasteiger partial charge is 0.265 e. The first-order valence-electron chi connectivity index (χ1n) is 8.24. The van der Waals surface area contributed by atoms with Crippen LogP contribution in [0.4, 0.5) is 5.69 Å². The summed E-state index contributed by atoms with van der Waals surface area (Å²) in [5.41, 5.74) is 6.80. The van der Waals surface area contributed by atoms with Gasteiger partial charge in [-0.1, -0.05) is 17.7 Å². The molecule has 0 saturated heterocycles. The van der Waals surface area contributed by atoms with E-state index in [2.05, 4.69) is 10.6 Å². The van der Waals surface area contributed by atoms with Gasteiger partial charge in [-0.3, -0.25) is 9.59 Å². The topological polar surface area (TPSA) is 84.2 Å². The Hall–Kier alpha value is -1.89. The molecular weight excluding hydrogens is 358 g/mol. The highest BCUT2D eigenvalue weighted by Gasteiger charge is 2.21. The lowest BCUT2D eigenvalue weighted by atomic mass is 9.91. The molecule has 0 unspecified atom stereocenters. The van der Waals surface area contributed by atoms with Crippen LogP contribution in [0.3, 0.4) is 0 Å². The van der Waals surface area contributed by atoms with Crippen LogP contribution in [0, 0.1) is 0 Å². The number of carbonyl (C=O) groups is 2. The molecule has 0 spiro atoms. The number of benzene rings is 1. The van der Waals surface area contributed by atoms with E-state index in [1.165, 1.54) is 11.3 Å². The number of rotatable bonds is 4. The molecule has 0 radical (unpaired) electrons. The zero-order chi connectivity index (χ0) is 17.8. The SMILES string of the molecule is NC1CCC(NC(=O)c2ccc(Cl)c(NC(=O)c3cccs3)c2)CC1. The highest BCUT2D eigenvalue weighted by Crippen LogP contribution is 2.25. The van der Waals surface area contributed by atoms with Crippen LogP contribution in [0.2, 0.25) is 5.02 Å². The average Bonchev–Trinajstić information content (AvgIpc) is 3.13. The maximum absolute atomic E-state index is 12.5. The van der Waals surface area contributed by atoms with Crippen molar-refractivity contribution in [1.82, 2.24) is 5.32 Å². The van der Waals surface area contributed by atoms with Gasteiger partial charge in [-0.15, -0.1) is 11.3 Å². The summed E-state index contributed by atoms with van der Waals surface area (Å²) < 4.78 is 0. The standard InChI is InChI=1S/C18H20ClN3O2S/c19-14-8-3-11(17(23)21-13-6-4-12(20)5-7-13)10-15(14)22-18(24)16-2-1-9-25-16/h1-3,8-10,12-13H,4-7,20H2,(H,21,23)(H,22,24). The van der Waals surface area contributed by atoms with Gasteiger partial charge in [0.15, 0.2) is 0 Å². The third-order valence-electron chi connectivity index (χ3n) is 4.33. The van der Waals surface area contributed by atoms with Crippen LogP contribution in [0.5, 0.6) is 0 Å². The van der Waals surface area contributed by atoms with Crippen molar-refractivity contribution in [2.75, 3.05) is 5.32 Å². The van der Waals surface area contributed by atoms with Crippen LogP contribution in [-0.2, 0) is 0 Å². The first kappa shape index (κ1) is 17.9. The normalized spacial score (nSPS) is 20.1. The van der Waals surface area contributed by atoms with E-state index >= 15 is 0 Å². The van der Waals surface area contributed by atoms with Gasteiger partial charge in [-0.05, 0) is 55.3 Å². The average molecular weight is 378 g/mol. The fraction of sp³-hybridized carbons (Fsp3) is 0.333. The first-order valence-corrected chi connectivity index (χ1v) is 9.49. The molecule has 1 saturated carbocycles. The van der Waals surface area contributed by atoms with E-state index in [-0.39, 0.29) is 23.9 Å². The Morgan fingerprint density at radius 1 is 1.12 bits per heavy atom. The summed E-state index contributed by atoms with van der Waals surface area (Å²) in [7, 11) is 0. The van der Waals surface area contributed by atoms with Gasteiger partial charge in [0.05, 0.1) is 15.6 Å². The largest absolute Gasteiger partial charge is 0.349 e. The number of nitrogens with two attached hydrogens (primary N) is 1. The molecule has 25 heavy (non-hydrogen) atoms. The lowest BCUT2D eigenvalue weighted by molar-refractivity contribution is 0.0925. The first-order chi connectivity index (χ1) is 12.0. The van der Waals surface area contributed by atoms with Gasteiger partial charge >= 0.3 is 0 Å². The summed E-state index contributed by atoms with van der Waals surface area (Å²) in [5, 5.41) is 8.02. The van der Waals surface area contributed by atoms with E-state index in [1.807, 2.05) is 5.38 Å². The Kier molecular flexibility index (Phi) is 5.73. The van der Waals surface area contributed by atoms with E-state index in [9.17, 15) is 9.59 Å². The van der Waals surface area contributed by atoms with Crippen LogP contribution in [-0.4, -0.2) is 23.9 Å². The van der Waals surface area contributed by atoms with Gasteiger partial charge in [0.1, 0.15) is 0 Å². The van der Waals surface area contributed by atoms with Gasteiger partial charge in [-0.2, -0.15) is 0 Å². The van der Waals surface area contributed by atoms with E-state index in [1.54, 1.807) is 30.3 Å². The lowest BCUT2D eigenvalue weighted by Crippen LogP contribution is -2.40. The highest BCUT2D eigenvalue weighted by atomic mass is 35.5. The van der Waals surface area contributed by atoms with E-state index in [0.717, 1.165) is 25.7 Å². The summed E-state index contributed by atoms with van der Waals surface area (Å²) in [6, 6.07) is 8.82. The van der Waals surface area contributed by atoms with E-state index in [0.29, 0.717) is 21.2 Å². The predicted octanol–water partition coefficient (Wildman–Crippen LogP) is 3.65. The van der Waals surface area contributed by atoms with Gasteiger partial charge in [0, 0.05) is 17.6 Å². The molecule has 132 valence electrons. The molecule has 5 nitrogen and oxygen atoms in total. The highest BCUT2D eigenvalue weighted by molar-refractivity contribution is 7.12. The Morgan fingerprint density at radius 3 is 2.56 bits per heavy atom. The summed E-state index contributed by atoms with van der Waals surface area (Å²) in [5.74, 6) is -0.403. The Labute approximate surface area is 155 Å². The molecule has 2 aromatic rings. The fourth-order valence-corrected chi connectivity index (χ4v) is 3.67. The number of hydrogen-bond donors (Lipinski definition) is 3. The molecule has 1 aromatic heterocycles.